The number of carbonyl (C=O) groups is 1. The average molecular weight is 360 g/mol. The van der Waals surface area contributed by atoms with Crippen LogP contribution in [0.4, 0.5) is 5.69 Å². The molecule has 0 saturated carbocycles. The summed E-state index contributed by atoms with van der Waals surface area (Å²) >= 11 is 0. The minimum absolute atomic E-state index is 0.308. The quantitative estimate of drug-likeness (QED) is 0.826. The fraction of sp³-hybridized carbons (Fsp3) is 0.316. The minimum Gasteiger partial charge on any atom is -0.350 e. The Hall–Kier alpha value is -2.34. The van der Waals surface area contributed by atoms with Crippen molar-refractivity contribution >= 4 is 21.6 Å². The Kier molecular flexibility index (Phi) is 6.20. The fourth-order valence-electron chi connectivity index (χ4n) is 2.65. The van der Waals surface area contributed by atoms with Crippen LogP contribution in [0.25, 0.3) is 0 Å². The third-order valence-corrected chi connectivity index (χ3v) is 5.11. The first-order valence-electron chi connectivity index (χ1n) is 8.20. The van der Waals surface area contributed by atoms with Crippen LogP contribution in [0, 0.1) is 6.92 Å². The highest BCUT2D eigenvalue weighted by Crippen LogP contribution is 2.22. The van der Waals surface area contributed by atoms with Crippen molar-refractivity contribution in [3.63, 3.8) is 0 Å². The molecule has 0 unspecified atom stereocenters. The lowest BCUT2D eigenvalue weighted by Gasteiger charge is -2.30. The molecule has 2 aromatic rings. The van der Waals surface area contributed by atoms with E-state index in [0.717, 1.165) is 17.4 Å². The summed E-state index contributed by atoms with van der Waals surface area (Å²) in [4.78, 5) is 12.7. The zero-order chi connectivity index (χ0) is 18.4. The summed E-state index contributed by atoms with van der Waals surface area (Å²) in [7, 11) is -3.59. The van der Waals surface area contributed by atoms with E-state index in [1.165, 1.54) is 4.31 Å². The SMILES string of the molecule is CC[C@H](C(=O)NCc1ccc(C)cc1)N(c1ccccc1)S(C)(=O)=O. The van der Waals surface area contributed by atoms with Crippen molar-refractivity contribution in [1.82, 2.24) is 5.32 Å². The zero-order valence-electron chi connectivity index (χ0n) is 14.8. The summed E-state index contributed by atoms with van der Waals surface area (Å²) in [5, 5.41) is 2.85. The van der Waals surface area contributed by atoms with E-state index < -0.39 is 16.1 Å². The lowest BCUT2D eigenvalue weighted by Crippen LogP contribution is -2.49. The van der Waals surface area contributed by atoms with E-state index in [0.29, 0.717) is 18.7 Å². The molecule has 0 aliphatic heterocycles. The van der Waals surface area contributed by atoms with E-state index in [1.54, 1.807) is 31.2 Å². The third-order valence-electron chi connectivity index (χ3n) is 3.93. The lowest BCUT2D eigenvalue weighted by atomic mass is 10.1. The highest BCUT2D eigenvalue weighted by Gasteiger charge is 2.31. The van der Waals surface area contributed by atoms with Crippen LogP contribution in [0.5, 0.6) is 0 Å². The predicted octanol–water partition coefficient (Wildman–Crippen LogP) is 2.86. The number of carbonyl (C=O) groups excluding carboxylic acids is 1. The molecular weight excluding hydrogens is 336 g/mol. The van der Waals surface area contributed by atoms with E-state index in [9.17, 15) is 13.2 Å². The van der Waals surface area contributed by atoms with E-state index in [2.05, 4.69) is 5.32 Å². The Bertz CT molecular complexity index is 802. The number of sulfonamides is 1. The fourth-order valence-corrected chi connectivity index (χ4v) is 3.86. The van der Waals surface area contributed by atoms with Crippen molar-refractivity contribution in [2.24, 2.45) is 0 Å². The van der Waals surface area contributed by atoms with Crippen molar-refractivity contribution in [1.29, 1.82) is 0 Å². The van der Waals surface area contributed by atoms with E-state index >= 15 is 0 Å². The van der Waals surface area contributed by atoms with Crippen LogP contribution in [0.1, 0.15) is 24.5 Å². The molecule has 0 heterocycles. The van der Waals surface area contributed by atoms with Gasteiger partial charge in [0.25, 0.3) is 0 Å². The van der Waals surface area contributed by atoms with Gasteiger partial charge in [0.1, 0.15) is 6.04 Å². The maximum Gasteiger partial charge on any atom is 0.244 e. The van der Waals surface area contributed by atoms with Gasteiger partial charge in [-0.25, -0.2) is 8.42 Å². The smallest absolute Gasteiger partial charge is 0.244 e. The van der Waals surface area contributed by atoms with Crippen LogP contribution in [0.2, 0.25) is 0 Å². The first-order chi connectivity index (χ1) is 11.8. The molecule has 0 bridgehead atoms. The number of hydrogen-bond acceptors (Lipinski definition) is 3. The average Bonchev–Trinajstić information content (AvgIpc) is 2.58. The molecule has 0 aliphatic rings. The maximum atomic E-state index is 12.7. The summed E-state index contributed by atoms with van der Waals surface area (Å²) in [5.41, 5.74) is 2.61. The molecule has 0 spiro atoms. The van der Waals surface area contributed by atoms with Crippen molar-refractivity contribution in [2.45, 2.75) is 32.9 Å². The molecular formula is C19H24N2O3S. The summed E-state index contributed by atoms with van der Waals surface area (Å²) in [5.74, 6) is -0.308. The molecule has 25 heavy (non-hydrogen) atoms. The molecule has 1 amide bonds. The van der Waals surface area contributed by atoms with Crippen LogP contribution in [0.15, 0.2) is 54.6 Å². The first kappa shape index (κ1) is 19.0. The van der Waals surface area contributed by atoms with Crippen molar-refractivity contribution in [2.75, 3.05) is 10.6 Å². The molecule has 0 aliphatic carbocycles. The Morgan fingerprint density at radius 1 is 1.08 bits per heavy atom. The van der Waals surface area contributed by atoms with Gasteiger partial charge in [0.2, 0.25) is 15.9 Å². The number of aryl methyl sites for hydroxylation is 1. The summed E-state index contributed by atoms with van der Waals surface area (Å²) in [6.07, 6.45) is 1.50. The summed E-state index contributed by atoms with van der Waals surface area (Å²) in [6.45, 7) is 4.17. The molecule has 2 rings (SSSR count). The number of benzene rings is 2. The van der Waals surface area contributed by atoms with Crippen molar-refractivity contribution in [3.05, 3.63) is 65.7 Å². The molecule has 0 saturated heterocycles. The highest BCUT2D eigenvalue weighted by atomic mass is 32.2. The largest absolute Gasteiger partial charge is 0.350 e. The van der Waals surface area contributed by atoms with Gasteiger partial charge in [-0.2, -0.15) is 0 Å². The van der Waals surface area contributed by atoms with E-state index in [-0.39, 0.29) is 5.91 Å². The zero-order valence-corrected chi connectivity index (χ0v) is 15.6. The van der Waals surface area contributed by atoms with Crippen molar-refractivity contribution in [3.8, 4) is 0 Å². The number of amides is 1. The van der Waals surface area contributed by atoms with Gasteiger partial charge in [0, 0.05) is 6.54 Å². The first-order valence-corrected chi connectivity index (χ1v) is 10.1. The van der Waals surface area contributed by atoms with Crippen molar-refractivity contribution < 1.29 is 13.2 Å². The van der Waals surface area contributed by atoms with Gasteiger partial charge in [0.15, 0.2) is 0 Å². The second-order valence-electron chi connectivity index (χ2n) is 6.02. The summed E-state index contributed by atoms with van der Waals surface area (Å²) < 4.78 is 25.8. The third kappa shape index (κ3) is 5.06. The van der Waals surface area contributed by atoms with Gasteiger partial charge in [0.05, 0.1) is 11.9 Å². The number of hydrogen-bond donors (Lipinski definition) is 1. The van der Waals surface area contributed by atoms with Gasteiger partial charge in [-0.15, -0.1) is 0 Å². The number of nitrogens with zero attached hydrogens (tertiary/aromatic N) is 1. The maximum absolute atomic E-state index is 12.7. The van der Waals surface area contributed by atoms with Crippen LogP contribution < -0.4 is 9.62 Å². The topological polar surface area (TPSA) is 66.5 Å². The molecule has 5 nitrogen and oxygen atoms in total. The lowest BCUT2D eigenvalue weighted by molar-refractivity contribution is -0.122. The summed E-state index contributed by atoms with van der Waals surface area (Å²) in [6, 6.07) is 15.8. The number of rotatable bonds is 7. The molecule has 1 N–H and O–H groups in total. The van der Waals surface area contributed by atoms with Gasteiger partial charge < -0.3 is 5.32 Å². The molecule has 6 heteroatoms. The number of anilines is 1. The van der Waals surface area contributed by atoms with Crippen LogP contribution in [0.3, 0.4) is 0 Å². The standard InChI is InChI=1S/C19H24N2O3S/c1-4-18(19(22)20-14-16-12-10-15(2)11-13-16)21(25(3,23)24)17-8-6-5-7-9-17/h5-13,18H,4,14H2,1-3H3,(H,20,22)/t18-/m1/s1. The van der Waals surface area contributed by atoms with Gasteiger partial charge >= 0.3 is 0 Å². The van der Waals surface area contributed by atoms with E-state index in [4.69, 9.17) is 0 Å². The van der Waals surface area contributed by atoms with Crippen LogP contribution in [-0.4, -0.2) is 26.6 Å². The number of nitrogens with one attached hydrogen (secondary N) is 1. The van der Waals surface area contributed by atoms with Crippen LogP contribution >= 0.6 is 0 Å². The van der Waals surface area contributed by atoms with Gasteiger partial charge in [-0.3, -0.25) is 9.10 Å². The monoisotopic (exact) mass is 360 g/mol. The number of para-hydroxylation sites is 1. The van der Waals surface area contributed by atoms with Crippen LogP contribution in [-0.2, 0) is 21.4 Å². The normalized spacial score (nSPS) is 12.4. The Morgan fingerprint density at radius 2 is 1.68 bits per heavy atom. The van der Waals surface area contributed by atoms with Gasteiger partial charge in [-0.05, 0) is 31.0 Å². The minimum atomic E-state index is -3.59. The second kappa shape index (κ2) is 8.16. The molecule has 1 atom stereocenters. The molecule has 0 radical (unpaired) electrons. The highest BCUT2D eigenvalue weighted by molar-refractivity contribution is 7.92. The Morgan fingerprint density at radius 3 is 2.20 bits per heavy atom. The molecule has 2 aromatic carbocycles. The molecule has 0 aromatic heterocycles. The van der Waals surface area contributed by atoms with E-state index in [1.807, 2.05) is 37.3 Å². The van der Waals surface area contributed by atoms with Gasteiger partial charge in [-0.1, -0.05) is 55.0 Å². The predicted molar refractivity (Wildman–Crippen MR) is 101 cm³/mol. The molecule has 0 fully saturated rings. The Labute approximate surface area is 149 Å². The second-order valence-corrected chi connectivity index (χ2v) is 7.88. The molecule has 134 valence electrons. The Balaban J connectivity index is 2.19.